The molecule has 8 heteroatoms. The Bertz CT molecular complexity index is 1190. The number of carbonyl (C=O) groups is 3. The summed E-state index contributed by atoms with van der Waals surface area (Å²) in [6.07, 6.45) is 6.32. The zero-order chi connectivity index (χ0) is 30.1. The molecule has 0 aliphatic carbocycles. The number of aliphatic hydroxyl groups excluding tert-OH is 1. The summed E-state index contributed by atoms with van der Waals surface area (Å²) < 4.78 is -0.716. The maximum absolute atomic E-state index is 14.9. The summed E-state index contributed by atoms with van der Waals surface area (Å²) in [5.41, 5.74) is 2.81. The number of fused-ring (bicyclic) bond motifs is 1. The molecule has 41 heavy (non-hydrogen) atoms. The van der Waals surface area contributed by atoms with Gasteiger partial charge in [-0.3, -0.25) is 14.4 Å². The summed E-state index contributed by atoms with van der Waals surface area (Å²) in [5, 5.41) is 10.6. The molecule has 3 heterocycles. The van der Waals surface area contributed by atoms with Gasteiger partial charge in [0, 0.05) is 30.6 Å². The molecule has 0 aromatic heterocycles. The molecule has 6 atom stereocenters. The van der Waals surface area contributed by atoms with Crippen molar-refractivity contribution in [1.29, 1.82) is 0 Å². The van der Waals surface area contributed by atoms with Crippen molar-refractivity contribution in [3.63, 3.8) is 0 Å². The molecule has 3 aliphatic heterocycles. The number of amides is 3. The minimum absolute atomic E-state index is 0.00990. The van der Waals surface area contributed by atoms with Crippen molar-refractivity contribution >= 4 is 35.2 Å². The van der Waals surface area contributed by atoms with E-state index < -0.39 is 28.7 Å². The molecule has 0 saturated carbocycles. The van der Waals surface area contributed by atoms with Crippen LogP contribution in [0.25, 0.3) is 0 Å². The third kappa shape index (κ3) is 5.50. The van der Waals surface area contributed by atoms with Gasteiger partial charge in [-0.25, -0.2) is 0 Å². The van der Waals surface area contributed by atoms with Gasteiger partial charge >= 0.3 is 0 Å². The van der Waals surface area contributed by atoms with Crippen LogP contribution in [-0.2, 0) is 14.4 Å². The molecule has 1 spiro atoms. The van der Waals surface area contributed by atoms with Crippen molar-refractivity contribution in [1.82, 2.24) is 9.80 Å². The van der Waals surface area contributed by atoms with E-state index in [1.165, 1.54) is 0 Å². The molecule has 7 nitrogen and oxygen atoms in total. The smallest absolute Gasteiger partial charge is 0.251 e. The Hall–Kier alpha value is -2.58. The van der Waals surface area contributed by atoms with Gasteiger partial charge in [0.15, 0.2) is 0 Å². The summed E-state index contributed by atoms with van der Waals surface area (Å²) in [5.74, 6) is -1.20. The third-order valence-electron chi connectivity index (χ3n) is 8.99. The molecular weight excluding hydrogens is 534 g/mol. The van der Waals surface area contributed by atoms with Crippen molar-refractivity contribution in [2.75, 3.05) is 31.1 Å². The summed E-state index contributed by atoms with van der Waals surface area (Å²) in [6.45, 7) is 19.0. The van der Waals surface area contributed by atoms with Gasteiger partial charge in [-0.1, -0.05) is 45.1 Å². The van der Waals surface area contributed by atoms with Crippen molar-refractivity contribution in [2.45, 2.75) is 82.4 Å². The lowest BCUT2D eigenvalue weighted by molar-refractivity contribution is -0.145. The number of hydrogen-bond acceptors (Lipinski definition) is 5. The molecule has 2 bridgehead atoms. The molecular formula is C33H47N3O4S. The van der Waals surface area contributed by atoms with E-state index in [0.717, 1.165) is 29.7 Å². The number of likely N-dealkylation sites (tertiary alicyclic amines) is 1. The normalized spacial score (nSPS) is 27.2. The summed E-state index contributed by atoms with van der Waals surface area (Å²) in [6, 6.07) is 4.76. The van der Waals surface area contributed by atoms with E-state index in [-0.39, 0.29) is 35.5 Å². The van der Waals surface area contributed by atoms with Gasteiger partial charge in [-0.15, -0.1) is 24.9 Å². The average Bonchev–Trinajstić information content (AvgIpc) is 3.58. The van der Waals surface area contributed by atoms with Gasteiger partial charge in [0.1, 0.15) is 6.04 Å². The van der Waals surface area contributed by atoms with Gasteiger partial charge in [-0.2, -0.15) is 0 Å². The lowest BCUT2D eigenvalue weighted by atomic mass is 9.70. The van der Waals surface area contributed by atoms with Crippen LogP contribution in [0.5, 0.6) is 0 Å². The predicted octanol–water partition coefficient (Wildman–Crippen LogP) is 4.75. The Kier molecular flexibility index (Phi) is 9.74. The molecule has 2 unspecified atom stereocenters. The van der Waals surface area contributed by atoms with Crippen molar-refractivity contribution in [3.05, 3.63) is 54.6 Å². The van der Waals surface area contributed by atoms with E-state index in [1.54, 1.807) is 33.7 Å². The van der Waals surface area contributed by atoms with Gasteiger partial charge in [0.25, 0.3) is 5.91 Å². The summed E-state index contributed by atoms with van der Waals surface area (Å²) in [4.78, 5) is 48.8. The third-order valence-corrected chi connectivity index (χ3v) is 10.9. The van der Waals surface area contributed by atoms with Crippen molar-refractivity contribution in [2.24, 2.45) is 17.8 Å². The molecule has 3 aliphatic rings. The van der Waals surface area contributed by atoms with Gasteiger partial charge in [0.2, 0.25) is 11.8 Å². The standard InChI is InChI=1S/C33H47N3O4S/c1-8-15-34(16-9-2)30(38)27-26-13-14-33(41-26)28(27)31(39)36(24(20-37)18-21(4)5)29(33)32(40)35(17-10-3)25-19-22(6)11-12-23(25)7/h8,10-12,19,21,24,26-29,37H,1,3,9,13-18,20H2,2,4-7H3/t24-,26+,27-,28+,29?,33?/m1/s1. The van der Waals surface area contributed by atoms with E-state index in [0.29, 0.717) is 32.5 Å². The van der Waals surface area contributed by atoms with Crippen LogP contribution in [0.1, 0.15) is 57.6 Å². The molecule has 1 aromatic rings. The fraction of sp³-hybridized carbons (Fsp3) is 0.606. The number of nitrogens with zero attached hydrogens (tertiary/aromatic N) is 3. The average molecular weight is 582 g/mol. The number of benzene rings is 1. The first-order valence-electron chi connectivity index (χ1n) is 15.1. The van der Waals surface area contributed by atoms with E-state index >= 15 is 0 Å². The maximum Gasteiger partial charge on any atom is 0.251 e. The molecule has 224 valence electrons. The Morgan fingerprint density at radius 2 is 1.90 bits per heavy atom. The van der Waals surface area contributed by atoms with E-state index in [2.05, 4.69) is 27.0 Å². The zero-order valence-electron chi connectivity index (χ0n) is 25.3. The van der Waals surface area contributed by atoms with Crippen LogP contribution in [0.4, 0.5) is 5.69 Å². The molecule has 3 amide bonds. The fourth-order valence-electron chi connectivity index (χ4n) is 7.39. The van der Waals surface area contributed by atoms with Crippen LogP contribution in [-0.4, -0.2) is 80.9 Å². The number of rotatable bonds is 13. The minimum atomic E-state index is -0.775. The molecule has 0 radical (unpaired) electrons. The number of aryl methyl sites for hydroxylation is 2. The largest absolute Gasteiger partial charge is 0.394 e. The van der Waals surface area contributed by atoms with Crippen molar-refractivity contribution < 1.29 is 19.5 Å². The van der Waals surface area contributed by atoms with Crippen LogP contribution in [0.15, 0.2) is 43.5 Å². The van der Waals surface area contributed by atoms with E-state index in [4.69, 9.17) is 0 Å². The topological polar surface area (TPSA) is 81.2 Å². The number of carbonyl (C=O) groups excluding carboxylic acids is 3. The molecule has 1 N–H and O–H groups in total. The quantitative estimate of drug-likeness (QED) is 0.340. The van der Waals surface area contributed by atoms with E-state index in [9.17, 15) is 19.5 Å². The number of hydrogen-bond donors (Lipinski definition) is 1. The van der Waals surface area contributed by atoms with E-state index in [1.807, 2.05) is 43.9 Å². The van der Waals surface area contributed by atoms with Gasteiger partial charge in [-0.05, 0) is 62.6 Å². The highest BCUT2D eigenvalue weighted by atomic mass is 32.2. The molecule has 3 saturated heterocycles. The van der Waals surface area contributed by atoms with Crippen molar-refractivity contribution in [3.8, 4) is 0 Å². The highest BCUT2D eigenvalue weighted by Crippen LogP contribution is 2.67. The molecule has 1 aromatic carbocycles. The number of aliphatic hydroxyl groups is 1. The molecule has 4 rings (SSSR count). The second-order valence-electron chi connectivity index (χ2n) is 12.4. The highest BCUT2D eigenvalue weighted by Gasteiger charge is 2.74. The first-order chi connectivity index (χ1) is 19.6. The number of thioether (sulfide) groups is 1. The highest BCUT2D eigenvalue weighted by molar-refractivity contribution is 8.02. The molecule has 3 fully saturated rings. The first-order valence-corrected chi connectivity index (χ1v) is 15.9. The van der Waals surface area contributed by atoms with Crippen LogP contribution >= 0.6 is 11.8 Å². The SMILES string of the molecule is C=CCN(CCC)C(=O)[C@@H]1[C@@H]2CCC3(S2)C(C(=O)N(CC=C)c2cc(C)ccc2C)N([C@@H](CO)CC(C)C)C(=O)[C@H]13. The zero-order valence-corrected chi connectivity index (χ0v) is 26.2. The number of anilines is 1. The Morgan fingerprint density at radius 1 is 1.20 bits per heavy atom. The Balaban J connectivity index is 1.84. The monoisotopic (exact) mass is 581 g/mol. The Morgan fingerprint density at radius 3 is 2.51 bits per heavy atom. The van der Waals surface area contributed by atoms with Crippen LogP contribution in [0, 0.1) is 31.6 Å². The second kappa shape index (κ2) is 12.7. The van der Waals surface area contributed by atoms with Crippen LogP contribution in [0.3, 0.4) is 0 Å². The fourth-order valence-corrected chi connectivity index (χ4v) is 9.58. The summed E-state index contributed by atoms with van der Waals surface area (Å²) >= 11 is 1.68. The predicted molar refractivity (Wildman–Crippen MR) is 167 cm³/mol. The van der Waals surface area contributed by atoms with Gasteiger partial charge < -0.3 is 19.8 Å². The maximum atomic E-state index is 14.9. The second-order valence-corrected chi connectivity index (χ2v) is 14.0. The van der Waals surface area contributed by atoms with Gasteiger partial charge in [0.05, 0.1) is 29.2 Å². The first kappa shape index (κ1) is 31.4. The minimum Gasteiger partial charge on any atom is -0.394 e. The lowest BCUT2D eigenvalue weighted by Crippen LogP contribution is -2.58. The summed E-state index contributed by atoms with van der Waals surface area (Å²) in [7, 11) is 0. The van der Waals surface area contributed by atoms with Crippen LogP contribution < -0.4 is 4.90 Å². The Labute approximate surface area is 250 Å². The van der Waals surface area contributed by atoms with Crippen LogP contribution in [0.2, 0.25) is 0 Å². The lowest BCUT2D eigenvalue weighted by Gasteiger charge is -2.40.